The van der Waals surface area contributed by atoms with Crippen molar-refractivity contribution >= 4 is 15.8 Å². The topological polar surface area (TPSA) is 80.7 Å². The number of rotatable bonds is 4. The highest BCUT2D eigenvalue weighted by Crippen LogP contribution is 2.22. The predicted octanol–water partition coefficient (Wildman–Crippen LogP) is 1.33. The lowest BCUT2D eigenvalue weighted by Gasteiger charge is -2.10. The molecule has 1 aromatic rings. The maximum Gasteiger partial charge on any atom is 0.335 e. The van der Waals surface area contributed by atoms with Crippen LogP contribution in [-0.2, 0) is 14.6 Å². The second kappa shape index (κ2) is 5.26. The fourth-order valence-electron chi connectivity index (χ4n) is 2.00. The molecule has 1 heterocycles. The Labute approximate surface area is 109 Å². The van der Waals surface area contributed by atoms with Gasteiger partial charge >= 0.3 is 5.97 Å². The fourth-order valence-corrected chi connectivity index (χ4v) is 3.70. The van der Waals surface area contributed by atoms with E-state index in [1.165, 1.54) is 0 Å². The van der Waals surface area contributed by atoms with E-state index in [-0.39, 0.29) is 17.2 Å². The number of benzene rings is 1. The van der Waals surface area contributed by atoms with Gasteiger partial charge in [0.15, 0.2) is 9.84 Å². The molecule has 0 radical (unpaired) electrons. The van der Waals surface area contributed by atoms with Crippen molar-refractivity contribution < 1.29 is 27.4 Å². The quantitative estimate of drug-likeness (QED) is 0.904. The van der Waals surface area contributed by atoms with Crippen LogP contribution in [0.2, 0.25) is 0 Å². The van der Waals surface area contributed by atoms with Gasteiger partial charge in [0.05, 0.1) is 17.9 Å². The van der Waals surface area contributed by atoms with Crippen LogP contribution in [0.15, 0.2) is 23.1 Å². The van der Waals surface area contributed by atoms with Gasteiger partial charge in [0.1, 0.15) is 10.7 Å². The van der Waals surface area contributed by atoms with Crippen LogP contribution >= 0.6 is 0 Å². The van der Waals surface area contributed by atoms with Gasteiger partial charge in [-0.15, -0.1) is 0 Å². The molecule has 1 aliphatic heterocycles. The normalized spacial score (nSPS) is 19.5. The maximum absolute atomic E-state index is 13.7. The van der Waals surface area contributed by atoms with Crippen molar-refractivity contribution in [2.75, 3.05) is 19.0 Å². The van der Waals surface area contributed by atoms with E-state index in [1.54, 1.807) is 0 Å². The summed E-state index contributed by atoms with van der Waals surface area (Å²) in [6.45, 7) is 0.870. The average molecular weight is 288 g/mol. The molecule has 5 nitrogen and oxygen atoms in total. The molecule has 0 saturated carbocycles. The second-order valence-electron chi connectivity index (χ2n) is 4.46. The molecule has 1 fully saturated rings. The number of sulfone groups is 1. The van der Waals surface area contributed by atoms with Crippen LogP contribution in [0, 0.1) is 11.7 Å². The molecule has 2 rings (SSSR count). The molecule has 0 aliphatic carbocycles. The molecule has 0 aromatic heterocycles. The van der Waals surface area contributed by atoms with Crippen LogP contribution in [0.25, 0.3) is 0 Å². The summed E-state index contributed by atoms with van der Waals surface area (Å²) in [5.74, 6) is -2.65. The van der Waals surface area contributed by atoms with Crippen molar-refractivity contribution in [3.8, 4) is 0 Å². The van der Waals surface area contributed by atoms with Gasteiger partial charge in [-0.3, -0.25) is 0 Å². The van der Waals surface area contributed by atoms with Crippen LogP contribution in [0.3, 0.4) is 0 Å². The molecule has 0 spiro atoms. The highest BCUT2D eigenvalue weighted by molar-refractivity contribution is 7.91. The number of ether oxygens (including phenoxy) is 1. The number of carbonyl (C=O) groups is 1. The molecular weight excluding hydrogens is 275 g/mol. The van der Waals surface area contributed by atoms with E-state index in [0.717, 1.165) is 18.2 Å². The predicted molar refractivity (Wildman–Crippen MR) is 64.3 cm³/mol. The Hall–Kier alpha value is -1.47. The van der Waals surface area contributed by atoms with Gasteiger partial charge in [0, 0.05) is 6.61 Å². The Morgan fingerprint density at radius 2 is 2.21 bits per heavy atom. The van der Waals surface area contributed by atoms with Crippen molar-refractivity contribution in [3.05, 3.63) is 29.6 Å². The molecule has 104 valence electrons. The molecule has 0 amide bonds. The SMILES string of the molecule is O=C(O)c1ccc(S(=O)(=O)CC2CCOC2)c(F)c1. The van der Waals surface area contributed by atoms with E-state index in [9.17, 15) is 17.6 Å². The van der Waals surface area contributed by atoms with Crippen LogP contribution in [0.4, 0.5) is 4.39 Å². The third-order valence-corrected chi connectivity index (χ3v) is 4.90. The summed E-state index contributed by atoms with van der Waals surface area (Å²) in [5, 5.41) is 8.70. The van der Waals surface area contributed by atoms with Crippen LogP contribution in [-0.4, -0.2) is 38.5 Å². The van der Waals surface area contributed by atoms with E-state index in [0.29, 0.717) is 19.6 Å². The second-order valence-corrected chi connectivity index (χ2v) is 6.46. The molecule has 0 bridgehead atoms. The molecular formula is C12H13FO5S. The van der Waals surface area contributed by atoms with Gasteiger partial charge in [0.25, 0.3) is 0 Å². The Bertz CT molecular complexity index is 590. The van der Waals surface area contributed by atoms with Crippen molar-refractivity contribution in [1.29, 1.82) is 0 Å². The summed E-state index contributed by atoms with van der Waals surface area (Å²) in [4.78, 5) is 10.2. The minimum absolute atomic E-state index is 0.136. The molecule has 19 heavy (non-hydrogen) atoms. The molecule has 1 aromatic carbocycles. The van der Waals surface area contributed by atoms with E-state index < -0.39 is 26.5 Å². The van der Waals surface area contributed by atoms with Crippen molar-refractivity contribution in [3.63, 3.8) is 0 Å². The Morgan fingerprint density at radius 1 is 1.47 bits per heavy atom. The Kier molecular flexibility index (Phi) is 3.86. The number of halogens is 1. The number of carboxylic acid groups (broad SMARTS) is 1. The van der Waals surface area contributed by atoms with Gasteiger partial charge in [-0.2, -0.15) is 0 Å². The van der Waals surface area contributed by atoms with E-state index in [2.05, 4.69) is 0 Å². The highest BCUT2D eigenvalue weighted by Gasteiger charge is 2.27. The molecule has 1 N–H and O–H groups in total. The number of hydrogen-bond donors (Lipinski definition) is 1. The molecule has 1 aliphatic rings. The Morgan fingerprint density at radius 3 is 2.74 bits per heavy atom. The van der Waals surface area contributed by atoms with Gasteiger partial charge in [-0.1, -0.05) is 0 Å². The lowest BCUT2D eigenvalue weighted by molar-refractivity contribution is 0.0696. The number of aromatic carboxylic acids is 1. The minimum atomic E-state index is -3.76. The van der Waals surface area contributed by atoms with Crippen molar-refractivity contribution in [1.82, 2.24) is 0 Å². The average Bonchev–Trinajstić information content (AvgIpc) is 2.80. The highest BCUT2D eigenvalue weighted by atomic mass is 32.2. The smallest absolute Gasteiger partial charge is 0.335 e. The zero-order valence-electron chi connectivity index (χ0n) is 10.0. The van der Waals surface area contributed by atoms with Crippen LogP contribution in [0.1, 0.15) is 16.8 Å². The zero-order valence-corrected chi connectivity index (χ0v) is 10.8. The van der Waals surface area contributed by atoms with E-state index in [1.807, 2.05) is 0 Å². The van der Waals surface area contributed by atoms with E-state index >= 15 is 0 Å². The summed E-state index contributed by atoms with van der Waals surface area (Å²) >= 11 is 0. The summed E-state index contributed by atoms with van der Waals surface area (Å²) in [5.41, 5.74) is -0.277. The monoisotopic (exact) mass is 288 g/mol. The van der Waals surface area contributed by atoms with Gasteiger partial charge in [-0.05, 0) is 30.5 Å². The summed E-state index contributed by atoms with van der Waals surface area (Å²) < 4.78 is 42.9. The molecule has 1 unspecified atom stereocenters. The first-order valence-corrected chi connectivity index (χ1v) is 7.39. The summed E-state index contributed by atoms with van der Waals surface area (Å²) in [6.07, 6.45) is 0.633. The first kappa shape index (κ1) is 14.0. The van der Waals surface area contributed by atoms with Crippen molar-refractivity contribution in [2.45, 2.75) is 11.3 Å². The first-order valence-electron chi connectivity index (χ1n) is 5.73. The maximum atomic E-state index is 13.7. The molecule has 1 saturated heterocycles. The minimum Gasteiger partial charge on any atom is -0.478 e. The third-order valence-electron chi connectivity index (χ3n) is 2.99. The van der Waals surface area contributed by atoms with Gasteiger partial charge < -0.3 is 9.84 Å². The molecule has 1 atom stereocenters. The third kappa shape index (κ3) is 3.10. The van der Waals surface area contributed by atoms with Gasteiger partial charge in [0.2, 0.25) is 0 Å². The number of carboxylic acids is 1. The van der Waals surface area contributed by atoms with Gasteiger partial charge in [-0.25, -0.2) is 17.6 Å². The van der Waals surface area contributed by atoms with Crippen LogP contribution in [0.5, 0.6) is 0 Å². The van der Waals surface area contributed by atoms with E-state index in [4.69, 9.17) is 9.84 Å². The summed E-state index contributed by atoms with van der Waals surface area (Å²) in [7, 11) is -3.76. The standard InChI is InChI=1S/C12H13FO5S/c13-10-5-9(12(14)15)1-2-11(10)19(16,17)7-8-3-4-18-6-8/h1-2,5,8H,3-4,6-7H2,(H,14,15). The lowest BCUT2D eigenvalue weighted by Crippen LogP contribution is -2.18. The lowest BCUT2D eigenvalue weighted by atomic mass is 10.2. The largest absolute Gasteiger partial charge is 0.478 e. The van der Waals surface area contributed by atoms with Crippen molar-refractivity contribution in [2.24, 2.45) is 5.92 Å². The zero-order chi connectivity index (χ0) is 14.0. The summed E-state index contributed by atoms with van der Waals surface area (Å²) in [6, 6.07) is 2.81. The van der Waals surface area contributed by atoms with Crippen LogP contribution < -0.4 is 0 Å². The first-order chi connectivity index (χ1) is 8.90. The number of hydrogen-bond acceptors (Lipinski definition) is 4. The Balaban J connectivity index is 2.27. The molecule has 7 heteroatoms. The fraction of sp³-hybridized carbons (Fsp3) is 0.417.